The van der Waals surface area contributed by atoms with Crippen LogP contribution in [0, 0.1) is 6.92 Å². The Morgan fingerprint density at radius 2 is 1.62 bits per heavy atom. The van der Waals surface area contributed by atoms with Crippen molar-refractivity contribution in [2.75, 3.05) is 4.90 Å². The molecule has 0 unspecified atom stereocenters. The quantitative estimate of drug-likeness (QED) is 0.646. The zero-order chi connectivity index (χ0) is 22.2. The predicted molar refractivity (Wildman–Crippen MR) is 121 cm³/mol. The van der Waals surface area contributed by atoms with Crippen LogP contribution in [0.15, 0.2) is 72.8 Å². The molecule has 3 aromatic carbocycles. The SMILES string of the molecule is Cc1ccc(CNC(=O)c2ccc(N3C(=O)[C@@H]4Cc5ccccc5CN4C3=O)cc2)cc1. The van der Waals surface area contributed by atoms with Gasteiger partial charge in [-0.25, -0.2) is 9.69 Å². The number of carbonyl (C=O) groups excluding carboxylic acids is 3. The van der Waals surface area contributed by atoms with Crippen LogP contribution in [0.25, 0.3) is 0 Å². The van der Waals surface area contributed by atoms with Crippen LogP contribution in [0.2, 0.25) is 0 Å². The molecular weight excluding hydrogens is 402 g/mol. The largest absolute Gasteiger partial charge is 0.348 e. The first-order chi connectivity index (χ1) is 15.5. The molecule has 1 saturated heterocycles. The number of amides is 4. The van der Waals surface area contributed by atoms with E-state index >= 15 is 0 Å². The number of carbonyl (C=O) groups is 3. The molecule has 3 aromatic rings. The summed E-state index contributed by atoms with van der Waals surface area (Å²) in [6.45, 7) is 2.88. The highest BCUT2D eigenvalue weighted by Crippen LogP contribution is 2.32. The molecule has 32 heavy (non-hydrogen) atoms. The van der Waals surface area contributed by atoms with E-state index in [1.165, 1.54) is 10.5 Å². The molecule has 0 radical (unpaired) electrons. The van der Waals surface area contributed by atoms with Crippen LogP contribution in [0.5, 0.6) is 0 Å². The van der Waals surface area contributed by atoms with Gasteiger partial charge in [-0.3, -0.25) is 9.59 Å². The summed E-state index contributed by atoms with van der Waals surface area (Å²) in [5.41, 5.74) is 5.33. The van der Waals surface area contributed by atoms with Crippen LogP contribution in [0.1, 0.15) is 32.6 Å². The zero-order valence-corrected chi connectivity index (χ0v) is 17.7. The van der Waals surface area contributed by atoms with Crippen molar-refractivity contribution in [3.8, 4) is 0 Å². The maximum Gasteiger partial charge on any atom is 0.332 e. The summed E-state index contributed by atoms with van der Waals surface area (Å²) in [5.74, 6) is -0.426. The maximum absolute atomic E-state index is 13.0. The minimum atomic E-state index is -0.477. The Kier molecular flexibility index (Phi) is 4.98. The summed E-state index contributed by atoms with van der Waals surface area (Å²) in [6.07, 6.45) is 0.525. The normalized spacial score (nSPS) is 17.2. The van der Waals surface area contributed by atoms with Gasteiger partial charge in [-0.1, -0.05) is 54.1 Å². The third-order valence-corrected chi connectivity index (χ3v) is 6.15. The third-order valence-electron chi connectivity index (χ3n) is 6.15. The first kappa shape index (κ1) is 20.0. The molecule has 1 fully saturated rings. The van der Waals surface area contributed by atoms with Crippen LogP contribution in [-0.2, 0) is 24.3 Å². The van der Waals surface area contributed by atoms with Crippen molar-refractivity contribution >= 4 is 23.5 Å². The van der Waals surface area contributed by atoms with Gasteiger partial charge in [-0.2, -0.15) is 0 Å². The Hall–Kier alpha value is -3.93. The first-order valence-corrected chi connectivity index (χ1v) is 10.7. The van der Waals surface area contributed by atoms with E-state index in [-0.39, 0.29) is 17.8 Å². The highest BCUT2D eigenvalue weighted by atomic mass is 16.2. The number of anilines is 1. The number of aryl methyl sites for hydroxylation is 1. The van der Waals surface area contributed by atoms with Crippen molar-refractivity contribution in [3.05, 3.63) is 101 Å². The predicted octanol–water partition coefficient (Wildman–Crippen LogP) is 3.82. The Bertz CT molecular complexity index is 1160. The van der Waals surface area contributed by atoms with Crippen LogP contribution < -0.4 is 10.2 Å². The lowest BCUT2D eigenvalue weighted by Crippen LogP contribution is -2.39. The zero-order valence-electron chi connectivity index (χ0n) is 17.7. The van der Waals surface area contributed by atoms with Gasteiger partial charge in [0.2, 0.25) is 0 Å². The van der Waals surface area contributed by atoms with E-state index in [0.717, 1.165) is 16.7 Å². The van der Waals surface area contributed by atoms with Gasteiger partial charge in [0.05, 0.1) is 5.69 Å². The molecule has 2 aliphatic heterocycles. The molecule has 0 spiro atoms. The Labute approximate surface area is 186 Å². The number of nitrogens with zero attached hydrogens (tertiary/aromatic N) is 2. The monoisotopic (exact) mass is 425 g/mol. The van der Waals surface area contributed by atoms with E-state index in [1.54, 1.807) is 29.2 Å². The van der Waals surface area contributed by atoms with Gasteiger partial charge in [0, 0.05) is 25.1 Å². The molecule has 2 aliphatic rings. The molecule has 1 N–H and O–H groups in total. The minimum absolute atomic E-state index is 0.205. The van der Waals surface area contributed by atoms with E-state index in [2.05, 4.69) is 5.32 Å². The number of rotatable bonds is 4. The molecule has 5 rings (SSSR count). The molecule has 0 bridgehead atoms. The Morgan fingerprint density at radius 3 is 2.34 bits per heavy atom. The van der Waals surface area contributed by atoms with Crippen molar-refractivity contribution in [1.82, 2.24) is 10.2 Å². The van der Waals surface area contributed by atoms with Crippen LogP contribution >= 0.6 is 0 Å². The molecule has 160 valence electrons. The lowest BCUT2D eigenvalue weighted by molar-refractivity contribution is -0.120. The summed E-state index contributed by atoms with van der Waals surface area (Å²) >= 11 is 0. The van der Waals surface area contributed by atoms with Gasteiger partial charge in [-0.15, -0.1) is 0 Å². The number of nitrogens with one attached hydrogen (secondary N) is 1. The summed E-state index contributed by atoms with van der Waals surface area (Å²) in [7, 11) is 0. The highest BCUT2D eigenvalue weighted by Gasteiger charge is 2.47. The van der Waals surface area contributed by atoms with Crippen molar-refractivity contribution in [2.24, 2.45) is 0 Å². The second kappa shape index (κ2) is 7.96. The fourth-order valence-electron chi connectivity index (χ4n) is 4.31. The fourth-order valence-corrected chi connectivity index (χ4v) is 4.31. The highest BCUT2D eigenvalue weighted by molar-refractivity contribution is 6.21. The van der Waals surface area contributed by atoms with Gasteiger partial charge in [0.25, 0.3) is 11.8 Å². The first-order valence-electron chi connectivity index (χ1n) is 10.7. The van der Waals surface area contributed by atoms with Gasteiger partial charge >= 0.3 is 6.03 Å². The number of benzene rings is 3. The number of hydrogen-bond acceptors (Lipinski definition) is 3. The number of urea groups is 1. The van der Waals surface area contributed by atoms with Gasteiger partial charge in [0.1, 0.15) is 6.04 Å². The molecule has 1 atom stereocenters. The average Bonchev–Trinajstić information content (AvgIpc) is 3.06. The molecule has 0 saturated carbocycles. The van der Waals surface area contributed by atoms with Crippen molar-refractivity contribution in [1.29, 1.82) is 0 Å². The number of imide groups is 1. The van der Waals surface area contributed by atoms with Crippen LogP contribution in [0.3, 0.4) is 0 Å². The lowest BCUT2D eigenvalue weighted by atomic mass is 9.95. The minimum Gasteiger partial charge on any atom is -0.348 e. The van der Waals surface area contributed by atoms with E-state index in [4.69, 9.17) is 0 Å². The van der Waals surface area contributed by atoms with Crippen molar-refractivity contribution in [3.63, 3.8) is 0 Å². The standard InChI is InChI=1S/C26H23N3O3/c1-17-6-8-18(9-7-17)15-27-24(30)19-10-12-22(13-11-19)29-25(31)23-14-20-4-2-3-5-21(20)16-28(23)26(29)32/h2-13,23H,14-16H2,1H3,(H,27,30)/t23-/m0/s1. The Balaban J connectivity index is 1.29. The van der Waals surface area contributed by atoms with Gasteiger partial charge < -0.3 is 10.2 Å². The lowest BCUT2D eigenvalue weighted by Gasteiger charge is -2.28. The van der Waals surface area contributed by atoms with Crippen molar-refractivity contribution < 1.29 is 14.4 Å². The molecule has 2 heterocycles. The fraction of sp³-hybridized carbons (Fsp3) is 0.192. The molecule has 4 amide bonds. The van der Waals surface area contributed by atoms with E-state index < -0.39 is 6.04 Å². The molecule has 6 heteroatoms. The summed E-state index contributed by atoms with van der Waals surface area (Å²) < 4.78 is 0. The molecular formula is C26H23N3O3. The maximum atomic E-state index is 13.0. The molecule has 0 aliphatic carbocycles. The second-order valence-electron chi connectivity index (χ2n) is 8.29. The number of hydrogen-bond donors (Lipinski definition) is 1. The van der Waals surface area contributed by atoms with Gasteiger partial charge in [-0.05, 0) is 47.9 Å². The topological polar surface area (TPSA) is 69.7 Å². The summed E-state index contributed by atoms with van der Waals surface area (Å²) in [4.78, 5) is 41.4. The summed E-state index contributed by atoms with van der Waals surface area (Å²) in [6, 6.07) is 21.7. The van der Waals surface area contributed by atoms with Gasteiger partial charge in [0.15, 0.2) is 0 Å². The molecule has 6 nitrogen and oxygen atoms in total. The molecule has 0 aromatic heterocycles. The van der Waals surface area contributed by atoms with E-state index in [9.17, 15) is 14.4 Å². The second-order valence-corrected chi connectivity index (χ2v) is 8.29. The van der Waals surface area contributed by atoms with Crippen LogP contribution in [0.4, 0.5) is 10.5 Å². The van der Waals surface area contributed by atoms with Crippen LogP contribution in [-0.4, -0.2) is 28.8 Å². The van der Waals surface area contributed by atoms with E-state index in [0.29, 0.717) is 30.8 Å². The average molecular weight is 425 g/mol. The van der Waals surface area contributed by atoms with E-state index in [1.807, 2.05) is 55.5 Å². The third kappa shape index (κ3) is 3.54. The summed E-state index contributed by atoms with van der Waals surface area (Å²) in [5, 5.41) is 2.90. The van der Waals surface area contributed by atoms with Crippen molar-refractivity contribution in [2.45, 2.75) is 32.5 Å². The number of fused-ring (bicyclic) bond motifs is 2. The Morgan fingerprint density at radius 1 is 0.938 bits per heavy atom. The smallest absolute Gasteiger partial charge is 0.332 e.